The van der Waals surface area contributed by atoms with Crippen molar-refractivity contribution in [1.29, 1.82) is 0 Å². The third-order valence-corrected chi connectivity index (χ3v) is 4.10. The molecule has 0 aliphatic rings. The lowest BCUT2D eigenvalue weighted by Crippen LogP contribution is -2.00. The molecular weight excluding hydrogens is 363 g/mol. The predicted octanol–water partition coefficient (Wildman–Crippen LogP) is 4.97. The fraction of sp³-hybridized carbons (Fsp3) is 0. The molecule has 3 aromatic rings. The average molecular weight is 375 g/mol. The van der Waals surface area contributed by atoms with Crippen LogP contribution in [0.25, 0.3) is 0 Å². The summed E-state index contributed by atoms with van der Waals surface area (Å²) in [6.45, 7) is 0. The van der Waals surface area contributed by atoms with Crippen molar-refractivity contribution in [3.05, 3.63) is 70.5 Å². The second kappa shape index (κ2) is 7.38. The van der Waals surface area contributed by atoms with E-state index in [1.165, 1.54) is 18.5 Å². The Kier molecular flexibility index (Phi) is 5.02. The molecule has 8 heteroatoms. The maximum atomic E-state index is 10.9. The number of carboxylic acids is 1. The molecule has 0 saturated heterocycles. The van der Waals surface area contributed by atoms with E-state index in [4.69, 9.17) is 28.3 Å². The van der Waals surface area contributed by atoms with Gasteiger partial charge < -0.3 is 15.7 Å². The molecule has 0 bridgehead atoms. The smallest absolute Gasteiger partial charge is 0.335 e. The number of anilines is 4. The molecule has 6 nitrogen and oxygen atoms in total. The van der Waals surface area contributed by atoms with Crippen LogP contribution in [0.1, 0.15) is 10.4 Å². The molecule has 2 aromatic carbocycles. The number of rotatable bonds is 5. The van der Waals surface area contributed by atoms with Crippen LogP contribution in [0.3, 0.4) is 0 Å². The fourth-order valence-electron chi connectivity index (χ4n) is 2.08. The van der Waals surface area contributed by atoms with Crippen LogP contribution in [0.15, 0.2) is 54.9 Å². The van der Waals surface area contributed by atoms with Gasteiger partial charge >= 0.3 is 5.97 Å². The maximum absolute atomic E-state index is 10.9. The molecule has 3 N–H and O–H groups in total. The number of carboxylic acid groups (broad SMARTS) is 1. The molecule has 1 aromatic heterocycles. The molecule has 25 heavy (non-hydrogen) atoms. The second-order valence-electron chi connectivity index (χ2n) is 5.02. The van der Waals surface area contributed by atoms with E-state index in [-0.39, 0.29) is 5.56 Å². The molecule has 0 radical (unpaired) electrons. The van der Waals surface area contributed by atoms with Crippen molar-refractivity contribution < 1.29 is 9.90 Å². The lowest BCUT2D eigenvalue weighted by atomic mass is 10.2. The Balaban J connectivity index is 1.77. The number of aromatic carboxylic acids is 1. The predicted molar refractivity (Wildman–Crippen MR) is 98.5 cm³/mol. The first kappa shape index (κ1) is 17.0. The van der Waals surface area contributed by atoms with Crippen LogP contribution in [0.4, 0.5) is 23.0 Å². The SMILES string of the molecule is O=C(O)c1ccc(Nc2cc(Nc3cccc(Cl)c3Cl)ncn2)cc1. The highest BCUT2D eigenvalue weighted by Crippen LogP contribution is 2.31. The van der Waals surface area contributed by atoms with Gasteiger partial charge in [-0.1, -0.05) is 29.3 Å². The van der Waals surface area contributed by atoms with Crippen LogP contribution in [0.5, 0.6) is 0 Å². The molecule has 0 spiro atoms. The molecule has 0 aliphatic heterocycles. The Bertz CT molecular complexity index is 917. The molecule has 3 rings (SSSR count). The summed E-state index contributed by atoms with van der Waals surface area (Å²) in [5.41, 5.74) is 1.55. The number of nitrogens with one attached hydrogen (secondary N) is 2. The van der Waals surface area contributed by atoms with Crippen LogP contribution in [0, 0.1) is 0 Å². The van der Waals surface area contributed by atoms with Crippen LogP contribution in [0.2, 0.25) is 10.0 Å². The van der Waals surface area contributed by atoms with Gasteiger partial charge in [-0.3, -0.25) is 0 Å². The number of nitrogens with zero attached hydrogens (tertiary/aromatic N) is 2. The largest absolute Gasteiger partial charge is 0.478 e. The van der Waals surface area contributed by atoms with E-state index in [1.807, 2.05) is 0 Å². The van der Waals surface area contributed by atoms with Crippen LogP contribution in [-0.4, -0.2) is 21.0 Å². The highest BCUT2D eigenvalue weighted by atomic mass is 35.5. The van der Waals surface area contributed by atoms with E-state index in [2.05, 4.69) is 20.6 Å². The summed E-state index contributed by atoms with van der Waals surface area (Å²) in [6.07, 6.45) is 1.40. The van der Waals surface area contributed by atoms with Gasteiger partial charge in [-0.25, -0.2) is 14.8 Å². The van der Waals surface area contributed by atoms with Crippen LogP contribution < -0.4 is 10.6 Å². The summed E-state index contributed by atoms with van der Waals surface area (Å²) < 4.78 is 0. The Morgan fingerprint density at radius 3 is 2.32 bits per heavy atom. The molecule has 0 aliphatic carbocycles. The molecule has 0 atom stereocenters. The number of halogens is 2. The van der Waals surface area contributed by atoms with Crippen molar-refractivity contribution in [1.82, 2.24) is 9.97 Å². The molecule has 0 saturated carbocycles. The van der Waals surface area contributed by atoms with Gasteiger partial charge in [0, 0.05) is 11.8 Å². The molecule has 0 amide bonds. The zero-order valence-electron chi connectivity index (χ0n) is 12.7. The van der Waals surface area contributed by atoms with E-state index in [1.54, 1.807) is 36.4 Å². The minimum atomic E-state index is -0.974. The molecular formula is C17H12Cl2N4O2. The third-order valence-electron chi connectivity index (χ3n) is 3.29. The Labute approximate surface area is 153 Å². The highest BCUT2D eigenvalue weighted by Gasteiger charge is 2.07. The molecule has 0 unspecified atom stereocenters. The average Bonchev–Trinajstić information content (AvgIpc) is 2.60. The second-order valence-corrected chi connectivity index (χ2v) is 5.81. The number of hydrogen-bond donors (Lipinski definition) is 3. The monoisotopic (exact) mass is 374 g/mol. The van der Waals surface area contributed by atoms with Crippen molar-refractivity contribution in [3.8, 4) is 0 Å². The number of carbonyl (C=O) groups is 1. The van der Waals surface area contributed by atoms with Gasteiger partial charge in [0.15, 0.2) is 0 Å². The summed E-state index contributed by atoms with van der Waals surface area (Å²) >= 11 is 12.1. The van der Waals surface area contributed by atoms with Crippen molar-refractivity contribution in [2.24, 2.45) is 0 Å². The first-order valence-electron chi connectivity index (χ1n) is 7.16. The van der Waals surface area contributed by atoms with Crippen LogP contribution in [-0.2, 0) is 0 Å². The highest BCUT2D eigenvalue weighted by molar-refractivity contribution is 6.43. The zero-order chi connectivity index (χ0) is 17.8. The van der Waals surface area contributed by atoms with Gasteiger partial charge in [-0.15, -0.1) is 0 Å². The van der Waals surface area contributed by atoms with Gasteiger partial charge in [0.25, 0.3) is 0 Å². The summed E-state index contributed by atoms with van der Waals surface area (Å²) in [5, 5.41) is 15.9. The summed E-state index contributed by atoms with van der Waals surface area (Å²) in [6, 6.07) is 13.3. The van der Waals surface area contributed by atoms with Gasteiger partial charge in [0.05, 0.1) is 21.3 Å². The van der Waals surface area contributed by atoms with Crippen LogP contribution >= 0.6 is 23.2 Å². The minimum Gasteiger partial charge on any atom is -0.478 e. The van der Waals surface area contributed by atoms with E-state index in [9.17, 15) is 4.79 Å². The molecule has 0 fully saturated rings. The Morgan fingerprint density at radius 1 is 0.960 bits per heavy atom. The third kappa shape index (κ3) is 4.17. The topological polar surface area (TPSA) is 87.1 Å². The van der Waals surface area contributed by atoms with E-state index in [0.29, 0.717) is 33.1 Å². The van der Waals surface area contributed by atoms with E-state index >= 15 is 0 Å². The number of benzene rings is 2. The lowest BCUT2D eigenvalue weighted by Gasteiger charge is -2.10. The Morgan fingerprint density at radius 2 is 1.64 bits per heavy atom. The Hall–Kier alpha value is -2.83. The van der Waals surface area contributed by atoms with Crippen molar-refractivity contribution >= 4 is 52.2 Å². The maximum Gasteiger partial charge on any atom is 0.335 e. The van der Waals surface area contributed by atoms with Gasteiger partial charge in [-0.05, 0) is 36.4 Å². The van der Waals surface area contributed by atoms with Crippen molar-refractivity contribution in [2.75, 3.05) is 10.6 Å². The first-order valence-corrected chi connectivity index (χ1v) is 7.92. The first-order chi connectivity index (χ1) is 12.0. The van der Waals surface area contributed by atoms with E-state index in [0.717, 1.165) is 0 Å². The van der Waals surface area contributed by atoms with E-state index < -0.39 is 5.97 Å². The normalized spacial score (nSPS) is 10.3. The lowest BCUT2D eigenvalue weighted by molar-refractivity contribution is 0.0697. The van der Waals surface area contributed by atoms with Gasteiger partial charge in [0.1, 0.15) is 18.0 Å². The summed E-state index contributed by atoms with van der Waals surface area (Å²) in [7, 11) is 0. The zero-order valence-corrected chi connectivity index (χ0v) is 14.2. The molecule has 1 heterocycles. The minimum absolute atomic E-state index is 0.214. The summed E-state index contributed by atoms with van der Waals surface area (Å²) in [4.78, 5) is 19.1. The summed E-state index contributed by atoms with van der Waals surface area (Å²) in [5.74, 6) is 0.0982. The van der Waals surface area contributed by atoms with Crippen molar-refractivity contribution in [2.45, 2.75) is 0 Å². The number of aromatic nitrogens is 2. The standard InChI is InChI=1S/C17H12Cl2N4O2/c18-12-2-1-3-13(16(12)19)23-15-8-14(20-9-21-15)22-11-6-4-10(5-7-11)17(24)25/h1-9H,(H,24,25)(H2,20,21,22,23). The quantitative estimate of drug-likeness (QED) is 0.584. The van der Waals surface area contributed by atoms with Gasteiger partial charge in [0.2, 0.25) is 0 Å². The molecule has 126 valence electrons. The number of hydrogen-bond acceptors (Lipinski definition) is 5. The van der Waals surface area contributed by atoms with Crippen molar-refractivity contribution in [3.63, 3.8) is 0 Å². The van der Waals surface area contributed by atoms with Gasteiger partial charge in [-0.2, -0.15) is 0 Å². The fourth-order valence-corrected chi connectivity index (χ4v) is 2.42.